The van der Waals surface area contributed by atoms with Gasteiger partial charge in [-0.3, -0.25) is 0 Å². The SMILES string of the molecule is Cc1nnc(CN=C(NCC(C)(O)c2ccsc2)NC2CCOc3ccccc32)n1C. The molecule has 8 nitrogen and oxygen atoms in total. The zero-order valence-electron chi connectivity index (χ0n) is 18.0. The monoisotopic (exact) mass is 440 g/mol. The zero-order chi connectivity index (χ0) is 21.8. The van der Waals surface area contributed by atoms with Crippen molar-refractivity contribution in [3.8, 4) is 5.75 Å². The standard InChI is InChI=1S/C22H28N6O2S/c1-15-26-27-20(28(15)3)12-23-21(24-14-22(2,29)16-9-11-31-13-16)25-18-8-10-30-19-7-5-4-6-17(18)19/h4-7,9,11,13,18,29H,8,10,12,14H2,1-3H3,(H2,23,24,25). The molecule has 0 spiro atoms. The van der Waals surface area contributed by atoms with Gasteiger partial charge in [-0.2, -0.15) is 11.3 Å². The third kappa shape index (κ3) is 4.88. The minimum Gasteiger partial charge on any atom is -0.493 e. The number of ether oxygens (including phenoxy) is 1. The Morgan fingerprint density at radius 2 is 2.19 bits per heavy atom. The van der Waals surface area contributed by atoms with Gasteiger partial charge in [0.1, 0.15) is 23.7 Å². The van der Waals surface area contributed by atoms with E-state index in [9.17, 15) is 5.11 Å². The van der Waals surface area contributed by atoms with Gasteiger partial charge < -0.3 is 25.0 Å². The van der Waals surface area contributed by atoms with Gasteiger partial charge in [0.05, 0.1) is 19.2 Å². The van der Waals surface area contributed by atoms with Gasteiger partial charge in [-0.15, -0.1) is 10.2 Å². The Morgan fingerprint density at radius 1 is 1.35 bits per heavy atom. The van der Waals surface area contributed by atoms with E-state index in [0.717, 1.165) is 34.9 Å². The van der Waals surface area contributed by atoms with Crippen LogP contribution in [0.1, 0.15) is 42.2 Å². The number of aryl methyl sites for hydroxylation is 1. The molecule has 0 bridgehead atoms. The van der Waals surface area contributed by atoms with Crippen LogP contribution in [0.4, 0.5) is 0 Å². The van der Waals surface area contributed by atoms with Crippen molar-refractivity contribution in [1.29, 1.82) is 0 Å². The Balaban J connectivity index is 1.54. The largest absolute Gasteiger partial charge is 0.493 e. The third-order valence-corrected chi connectivity index (χ3v) is 6.26. The van der Waals surface area contributed by atoms with Crippen molar-refractivity contribution in [3.05, 3.63) is 63.9 Å². The third-order valence-electron chi connectivity index (χ3n) is 5.57. The quantitative estimate of drug-likeness (QED) is 0.403. The van der Waals surface area contributed by atoms with Gasteiger partial charge in [0.25, 0.3) is 0 Å². The van der Waals surface area contributed by atoms with E-state index in [1.54, 1.807) is 18.3 Å². The molecule has 0 saturated carbocycles. The highest BCUT2D eigenvalue weighted by Crippen LogP contribution is 2.31. The number of rotatable bonds is 6. The van der Waals surface area contributed by atoms with E-state index in [1.807, 2.05) is 53.6 Å². The van der Waals surface area contributed by atoms with Crippen LogP contribution >= 0.6 is 11.3 Å². The number of aromatic nitrogens is 3. The molecule has 2 atom stereocenters. The van der Waals surface area contributed by atoms with Crippen LogP contribution in [0, 0.1) is 6.92 Å². The van der Waals surface area contributed by atoms with Crippen LogP contribution in [0.2, 0.25) is 0 Å². The van der Waals surface area contributed by atoms with Gasteiger partial charge in [0, 0.05) is 19.0 Å². The number of fused-ring (bicyclic) bond motifs is 1. The maximum atomic E-state index is 10.9. The summed E-state index contributed by atoms with van der Waals surface area (Å²) in [5.74, 6) is 3.11. The molecule has 4 rings (SSSR count). The van der Waals surface area contributed by atoms with Crippen LogP contribution in [0.3, 0.4) is 0 Å². The number of guanidine groups is 1. The second-order valence-electron chi connectivity index (χ2n) is 7.90. The minimum atomic E-state index is -1.02. The van der Waals surface area contributed by atoms with Crippen LogP contribution in [0.25, 0.3) is 0 Å². The first-order valence-corrected chi connectivity index (χ1v) is 11.2. The lowest BCUT2D eigenvalue weighted by molar-refractivity contribution is 0.0620. The molecular formula is C22H28N6O2S. The summed E-state index contributed by atoms with van der Waals surface area (Å²) in [5, 5.41) is 30.0. The number of benzene rings is 1. The van der Waals surface area contributed by atoms with Crippen LogP contribution < -0.4 is 15.4 Å². The zero-order valence-corrected chi connectivity index (χ0v) is 18.8. The Labute approximate surface area is 186 Å². The van der Waals surface area contributed by atoms with E-state index < -0.39 is 5.60 Å². The van der Waals surface area contributed by atoms with Crippen molar-refractivity contribution in [3.63, 3.8) is 0 Å². The van der Waals surface area contributed by atoms with Crippen molar-refractivity contribution < 1.29 is 9.84 Å². The molecule has 1 aromatic carbocycles. The van der Waals surface area contributed by atoms with Crippen molar-refractivity contribution in [2.45, 2.75) is 38.5 Å². The average Bonchev–Trinajstić information content (AvgIpc) is 3.42. The summed E-state index contributed by atoms with van der Waals surface area (Å²) in [4.78, 5) is 4.74. The molecule has 3 N–H and O–H groups in total. The Kier molecular flexibility index (Phi) is 6.24. The topological polar surface area (TPSA) is 96.6 Å². The smallest absolute Gasteiger partial charge is 0.192 e. The molecule has 0 aliphatic carbocycles. The van der Waals surface area contributed by atoms with Gasteiger partial charge in [-0.1, -0.05) is 18.2 Å². The fraction of sp³-hybridized carbons (Fsp3) is 0.409. The Morgan fingerprint density at radius 3 is 2.94 bits per heavy atom. The van der Waals surface area contributed by atoms with Gasteiger partial charge >= 0.3 is 0 Å². The Hall–Kier alpha value is -2.91. The summed E-state index contributed by atoms with van der Waals surface area (Å²) in [6.07, 6.45) is 0.821. The summed E-state index contributed by atoms with van der Waals surface area (Å²) in [7, 11) is 1.93. The molecule has 0 amide bonds. The molecule has 0 radical (unpaired) electrons. The van der Waals surface area contributed by atoms with Gasteiger partial charge in [-0.25, -0.2) is 4.99 Å². The lowest BCUT2D eigenvalue weighted by Gasteiger charge is -2.29. The lowest BCUT2D eigenvalue weighted by Crippen LogP contribution is -2.46. The summed E-state index contributed by atoms with van der Waals surface area (Å²) in [6.45, 7) is 5.04. The maximum Gasteiger partial charge on any atom is 0.192 e. The molecule has 2 unspecified atom stereocenters. The molecular weight excluding hydrogens is 412 g/mol. The molecule has 1 aliphatic heterocycles. The second-order valence-corrected chi connectivity index (χ2v) is 8.68. The van der Waals surface area contributed by atoms with Crippen molar-refractivity contribution >= 4 is 17.3 Å². The predicted molar refractivity (Wildman–Crippen MR) is 121 cm³/mol. The molecule has 2 aromatic heterocycles. The molecule has 1 aliphatic rings. The van der Waals surface area contributed by atoms with E-state index in [4.69, 9.17) is 9.73 Å². The summed E-state index contributed by atoms with van der Waals surface area (Å²) in [5.41, 5.74) is 0.962. The number of thiophene rings is 1. The molecule has 3 aromatic rings. The number of hydrogen-bond donors (Lipinski definition) is 3. The summed E-state index contributed by atoms with van der Waals surface area (Å²) < 4.78 is 7.71. The number of nitrogens with zero attached hydrogens (tertiary/aromatic N) is 4. The molecule has 164 valence electrons. The van der Waals surface area contributed by atoms with Crippen molar-refractivity contribution in [2.24, 2.45) is 12.0 Å². The van der Waals surface area contributed by atoms with Crippen LogP contribution in [-0.2, 0) is 19.2 Å². The fourth-order valence-corrected chi connectivity index (χ4v) is 4.26. The average molecular weight is 441 g/mol. The number of aliphatic imine (C=N–C) groups is 1. The first-order valence-electron chi connectivity index (χ1n) is 10.3. The van der Waals surface area contributed by atoms with Gasteiger partial charge in [0.2, 0.25) is 0 Å². The highest BCUT2D eigenvalue weighted by Gasteiger charge is 2.26. The first kappa shape index (κ1) is 21.3. The fourth-order valence-electron chi connectivity index (χ4n) is 3.48. The molecule has 0 fully saturated rings. The van der Waals surface area contributed by atoms with Crippen molar-refractivity contribution in [2.75, 3.05) is 13.2 Å². The minimum absolute atomic E-state index is 0.0588. The number of nitrogens with one attached hydrogen (secondary N) is 2. The highest BCUT2D eigenvalue weighted by atomic mass is 32.1. The Bertz CT molecular complexity index is 1040. The lowest BCUT2D eigenvalue weighted by atomic mass is 9.99. The van der Waals surface area contributed by atoms with E-state index >= 15 is 0 Å². The summed E-state index contributed by atoms with van der Waals surface area (Å²) >= 11 is 1.57. The second kappa shape index (κ2) is 9.07. The maximum absolute atomic E-state index is 10.9. The van der Waals surface area contributed by atoms with E-state index in [1.165, 1.54) is 0 Å². The molecule has 9 heteroatoms. The van der Waals surface area contributed by atoms with E-state index in [-0.39, 0.29) is 6.04 Å². The van der Waals surface area contributed by atoms with Gasteiger partial charge in [0.15, 0.2) is 11.8 Å². The van der Waals surface area contributed by atoms with Crippen LogP contribution in [0.15, 0.2) is 46.1 Å². The summed E-state index contributed by atoms with van der Waals surface area (Å²) in [6, 6.07) is 10.0. The number of para-hydroxylation sites is 1. The van der Waals surface area contributed by atoms with Crippen molar-refractivity contribution in [1.82, 2.24) is 25.4 Å². The molecule has 31 heavy (non-hydrogen) atoms. The van der Waals surface area contributed by atoms with E-state index in [0.29, 0.717) is 25.7 Å². The first-order chi connectivity index (χ1) is 14.9. The molecule has 0 saturated heterocycles. The number of aliphatic hydroxyl groups is 1. The van der Waals surface area contributed by atoms with Crippen LogP contribution in [0.5, 0.6) is 5.75 Å². The normalized spacial score (nSPS) is 18.1. The molecule has 3 heterocycles. The van der Waals surface area contributed by atoms with Gasteiger partial charge in [-0.05, 0) is 42.3 Å². The van der Waals surface area contributed by atoms with Crippen LogP contribution in [-0.4, -0.2) is 39.0 Å². The highest BCUT2D eigenvalue weighted by molar-refractivity contribution is 7.08. The predicted octanol–water partition coefficient (Wildman–Crippen LogP) is 2.65. The number of hydrogen-bond acceptors (Lipinski definition) is 6. The van der Waals surface area contributed by atoms with E-state index in [2.05, 4.69) is 26.9 Å².